The number of nitrogens with one attached hydrogen (secondary N) is 1. The lowest BCUT2D eigenvalue weighted by Gasteiger charge is -2.31. The van der Waals surface area contributed by atoms with E-state index < -0.39 is 35.5 Å². The predicted molar refractivity (Wildman–Crippen MR) is 89.2 cm³/mol. The molecule has 2 N–H and O–H groups in total. The summed E-state index contributed by atoms with van der Waals surface area (Å²) in [7, 11) is 0. The van der Waals surface area contributed by atoms with Crippen LogP contribution in [0.25, 0.3) is 0 Å². The van der Waals surface area contributed by atoms with Crippen molar-refractivity contribution in [2.24, 2.45) is 0 Å². The number of halogens is 2. The van der Waals surface area contributed by atoms with Crippen molar-refractivity contribution < 1.29 is 33.0 Å². The molecule has 9 heteroatoms. The zero-order valence-electron chi connectivity index (χ0n) is 14.5. The molecule has 1 unspecified atom stereocenters. The summed E-state index contributed by atoms with van der Waals surface area (Å²) in [6.45, 7) is 0.811. The predicted octanol–water partition coefficient (Wildman–Crippen LogP) is 1.41. The van der Waals surface area contributed by atoms with Crippen LogP contribution < -0.4 is 10.1 Å². The first kappa shape index (κ1) is 19.2. The normalized spacial score (nSPS) is 21.8. The highest BCUT2D eigenvalue weighted by Crippen LogP contribution is 2.34. The van der Waals surface area contributed by atoms with Gasteiger partial charge in [-0.15, -0.1) is 0 Å². The largest absolute Gasteiger partial charge is 0.480 e. The molecule has 0 radical (unpaired) electrons. The summed E-state index contributed by atoms with van der Waals surface area (Å²) in [6.07, 6.45) is 0.196. The molecule has 1 aromatic rings. The number of nitrogens with zero attached hydrogens (tertiary/aromatic N) is 1. The van der Waals surface area contributed by atoms with Crippen LogP contribution in [-0.4, -0.2) is 53.5 Å². The average Bonchev–Trinajstić information content (AvgIpc) is 2.58. The third kappa shape index (κ3) is 4.60. The van der Waals surface area contributed by atoms with Gasteiger partial charge in [0.25, 0.3) is 5.91 Å². The highest BCUT2D eigenvalue weighted by molar-refractivity contribution is 5.99. The zero-order valence-corrected chi connectivity index (χ0v) is 14.5. The number of hydrogen-bond acceptors (Lipinski definition) is 5. The molecule has 2 fully saturated rings. The van der Waals surface area contributed by atoms with Gasteiger partial charge in [0.05, 0.1) is 6.54 Å². The zero-order chi connectivity index (χ0) is 19.6. The maximum Gasteiger partial charge on any atom is 0.317 e. The maximum absolute atomic E-state index is 14.5. The van der Waals surface area contributed by atoms with E-state index in [0.717, 1.165) is 12.1 Å². The van der Waals surface area contributed by atoms with Gasteiger partial charge in [0.2, 0.25) is 5.91 Å². The van der Waals surface area contributed by atoms with E-state index in [0.29, 0.717) is 25.9 Å². The lowest BCUT2D eigenvalue weighted by Crippen LogP contribution is -2.46. The van der Waals surface area contributed by atoms with Crippen molar-refractivity contribution in [3.63, 3.8) is 0 Å². The highest BCUT2D eigenvalue weighted by atomic mass is 19.1. The minimum absolute atomic E-state index is 0.0411. The third-order valence-corrected chi connectivity index (χ3v) is 4.87. The first-order valence-corrected chi connectivity index (χ1v) is 8.77. The Bertz CT molecular complexity index is 739. The maximum atomic E-state index is 14.5. The van der Waals surface area contributed by atoms with Gasteiger partial charge in [-0.2, -0.15) is 0 Å². The molecule has 146 valence electrons. The van der Waals surface area contributed by atoms with E-state index in [1.165, 1.54) is 0 Å². The molecule has 3 rings (SSSR count). The molecule has 1 atom stereocenters. The van der Waals surface area contributed by atoms with Crippen LogP contribution in [0.5, 0.6) is 5.75 Å². The van der Waals surface area contributed by atoms with Crippen LogP contribution >= 0.6 is 0 Å². The van der Waals surface area contributed by atoms with E-state index in [4.69, 9.17) is 9.84 Å². The molecular formula is C18H20F2N2O5. The number of hydrogen-bond donors (Lipinski definition) is 2. The second kappa shape index (κ2) is 7.99. The number of aliphatic carboxylic acids is 1. The Labute approximate surface area is 154 Å². The number of amides is 2. The van der Waals surface area contributed by atoms with Gasteiger partial charge in [-0.25, -0.2) is 8.78 Å². The van der Waals surface area contributed by atoms with Gasteiger partial charge in [-0.1, -0.05) is 0 Å². The fourth-order valence-electron chi connectivity index (χ4n) is 3.54. The van der Waals surface area contributed by atoms with Crippen molar-refractivity contribution in [1.82, 2.24) is 10.2 Å². The Morgan fingerprint density at radius 2 is 1.81 bits per heavy atom. The number of carbonyl (C=O) groups excluding carboxylic acids is 2. The first-order valence-electron chi connectivity index (χ1n) is 8.77. The van der Waals surface area contributed by atoms with Crippen LogP contribution in [0.3, 0.4) is 0 Å². The summed E-state index contributed by atoms with van der Waals surface area (Å²) in [5.41, 5.74) is -0.0411. The third-order valence-electron chi connectivity index (χ3n) is 4.87. The van der Waals surface area contributed by atoms with Crippen molar-refractivity contribution in [2.75, 3.05) is 19.6 Å². The van der Waals surface area contributed by atoms with Crippen molar-refractivity contribution in [3.8, 4) is 5.75 Å². The van der Waals surface area contributed by atoms with Gasteiger partial charge in [0.1, 0.15) is 17.4 Å². The molecule has 2 amide bonds. The summed E-state index contributed by atoms with van der Waals surface area (Å²) in [6, 6.07) is 2.09. The van der Waals surface area contributed by atoms with Crippen LogP contribution in [0.2, 0.25) is 0 Å². The standard InChI is InChI=1S/C18H20F2N2O5/c19-12-7-11(27-14-1-2-15(23)21-18(14)26)8-13(20)17(12)10-3-5-22(6-4-10)9-16(24)25/h7-8,10,14H,1-6,9H2,(H,24,25)(H,21,23,26). The lowest BCUT2D eigenvalue weighted by atomic mass is 9.88. The van der Waals surface area contributed by atoms with Crippen LogP contribution in [0.4, 0.5) is 8.78 Å². The Morgan fingerprint density at radius 3 is 2.37 bits per heavy atom. The van der Waals surface area contributed by atoms with E-state index in [-0.39, 0.29) is 36.6 Å². The van der Waals surface area contributed by atoms with Crippen LogP contribution in [0, 0.1) is 11.6 Å². The van der Waals surface area contributed by atoms with Gasteiger partial charge in [0, 0.05) is 30.5 Å². The molecule has 2 saturated heterocycles. The van der Waals surface area contributed by atoms with Crippen LogP contribution in [0.1, 0.15) is 37.2 Å². The molecule has 2 heterocycles. The molecule has 0 bridgehead atoms. The minimum atomic E-state index is -0.966. The molecular weight excluding hydrogens is 362 g/mol. The van der Waals surface area contributed by atoms with Gasteiger partial charge in [-0.3, -0.25) is 24.6 Å². The second-order valence-corrected chi connectivity index (χ2v) is 6.80. The first-order chi connectivity index (χ1) is 12.8. The van der Waals surface area contributed by atoms with Gasteiger partial charge < -0.3 is 9.84 Å². The van der Waals surface area contributed by atoms with E-state index >= 15 is 0 Å². The monoisotopic (exact) mass is 382 g/mol. The Kier molecular flexibility index (Phi) is 5.69. The minimum Gasteiger partial charge on any atom is -0.480 e. The molecule has 0 spiro atoms. The number of likely N-dealkylation sites (tertiary alicyclic amines) is 1. The van der Waals surface area contributed by atoms with Crippen molar-refractivity contribution in [1.29, 1.82) is 0 Å². The summed E-state index contributed by atoms with van der Waals surface area (Å²) in [4.78, 5) is 35.3. The fraction of sp³-hybridized carbons (Fsp3) is 0.500. The molecule has 1 aromatic carbocycles. The Balaban J connectivity index is 1.68. The number of benzene rings is 1. The smallest absolute Gasteiger partial charge is 0.317 e. The van der Waals surface area contributed by atoms with E-state index in [2.05, 4.69) is 5.32 Å². The molecule has 2 aliphatic rings. The summed E-state index contributed by atoms with van der Waals surface area (Å²) in [5, 5.41) is 10.9. The molecule has 0 saturated carbocycles. The Hall–Kier alpha value is -2.55. The van der Waals surface area contributed by atoms with Crippen molar-refractivity contribution in [3.05, 3.63) is 29.3 Å². The number of imide groups is 1. The van der Waals surface area contributed by atoms with Crippen LogP contribution in [-0.2, 0) is 14.4 Å². The van der Waals surface area contributed by atoms with Gasteiger partial charge >= 0.3 is 5.97 Å². The number of carboxylic acids is 1. The number of rotatable bonds is 5. The van der Waals surface area contributed by atoms with Crippen LogP contribution in [0.15, 0.2) is 12.1 Å². The fourth-order valence-corrected chi connectivity index (χ4v) is 3.54. The van der Waals surface area contributed by atoms with E-state index in [1.807, 2.05) is 0 Å². The molecule has 27 heavy (non-hydrogen) atoms. The summed E-state index contributed by atoms with van der Waals surface area (Å²) < 4.78 is 34.4. The quantitative estimate of drug-likeness (QED) is 0.748. The van der Waals surface area contributed by atoms with Gasteiger partial charge in [-0.05, 0) is 31.8 Å². The molecule has 2 aliphatic heterocycles. The van der Waals surface area contributed by atoms with E-state index in [1.54, 1.807) is 4.90 Å². The molecule has 0 aliphatic carbocycles. The van der Waals surface area contributed by atoms with Crippen molar-refractivity contribution in [2.45, 2.75) is 37.7 Å². The number of piperidine rings is 2. The topological polar surface area (TPSA) is 95.9 Å². The van der Waals surface area contributed by atoms with Crippen molar-refractivity contribution >= 4 is 17.8 Å². The lowest BCUT2D eigenvalue weighted by molar-refractivity contribution is -0.139. The Morgan fingerprint density at radius 1 is 1.19 bits per heavy atom. The van der Waals surface area contributed by atoms with E-state index in [9.17, 15) is 23.2 Å². The van der Waals surface area contributed by atoms with Gasteiger partial charge in [0.15, 0.2) is 6.10 Å². The summed E-state index contributed by atoms with van der Waals surface area (Å²) >= 11 is 0. The number of carboxylic acid groups (broad SMARTS) is 1. The number of ether oxygens (including phenoxy) is 1. The molecule has 7 nitrogen and oxygen atoms in total. The number of carbonyl (C=O) groups is 3. The highest BCUT2D eigenvalue weighted by Gasteiger charge is 2.30. The average molecular weight is 382 g/mol. The summed E-state index contributed by atoms with van der Waals surface area (Å²) in [5.74, 6) is -3.92. The second-order valence-electron chi connectivity index (χ2n) is 6.80. The molecule has 0 aromatic heterocycles. The SMILES string of the molecule is O=C(O)CN1CCC(c2c(F)cc(OC3CCC(=O)NC3=O)cc2F)CC1.